The standard InChI is InChI=1S/C10H13BrN4/c1-15(6-5-13-14-12)8-9-3-2-4-10(11)7-9/h2-4,7H,5-6,8H2,1H3. The van der Waals surface area contributed by atoms with Crippen molar-refractivity contribution in [2.24, 2.45) is 5.11 Å². The smallest absolute Gasteiger partial charge is 0.0385 e. The minimum Gasteiger partial charge on any atom is -0.302 e. The summed E-state index contributed by atoms with van der Waals surface area (Å²) in [6.07, 6.45) is 0. The average molecular weight is 269 g/mol. The molecule has 0 aliphatic carbocycles. The van der Waals surface area contributed by atoms with Crippen LogP contribution in [0.1, 0.15) is 5.56 Å². The van der Waals surface area contributed by atoms with Gasteiger partial charge in [0.05, 0.1) is 0 Å². The first-order valence-electron chi connectivity index (χ1n) is 4.66. The summed E-state index contributed by atoms with van der Waals surface area (Å²) in [5.74, 6) is 0. The molecule has 0 heterocycles. The Balaban J connectivity index is 2.43. The summed E-state index contributed by atoms with van der Waals surface area (Å²) in [7, 11) is 2.01. The second-order valence-corrected chi connectivity index (χ2v) is 4.24. The van der Waals surface area contributed by atoms with Crippen LogP contribution < -0.4 is 0 Å². The number of likely N-dealkylation sites (N-methyl/N-ethyl adjacent to an activating group) is 1. The Morgan fingerprint density at radius 2 is 2.33 bits per heavy atom. The van der Waals surface area contributed by atoms with Crippen molar-refractivity contribution in [1.82, 2.24) is 4.90 Å². The van der Waals surface area contributed by atoms with Crippen molar-refractivity contribution in [1.29, 1.82) is 0 Å². The normalized spacial score (nSPS) is 10.1. The van der Waals surface area contributed by atoms with E-state index >= 15 is 0 Å². The van der Waals surface area contributed by atoms with Crippen LogP contribution >= 0.6 is 15.9 Å². The highest BCUT2D eigenvalue weighted by molar-refractivity contribution is 9.10. The Kier molecular flexibility index (Phi) is 5.18. The van der Waals surface area contributed by atoms with E-state index in [0.717, 1.165) is 17.6 Å². The van der Waals surface area contributed by atoms with Crippen LogP contribution in [-0.4, -0.2) is 25.0 Å². The second-order valence-electron chi connectivity index (χ2n) is 3.32. The first-order valence-corrected chi connectivity index (χ1v) is 5.45. The fourth-order valence-electron chi connectivity index (χ4n) is 1.29. The van der Waals surface area contributed by atoms with Gasteiger partial charge in [0.25, 0.3) is 0 Å². The third kappa shape index (κ3) is 4.83. The van der Waals surface area contributed by atoms with Gasteiger partial charge in [-0.15, -0.1) is 0 Å². The first-order chi connectivity index (χ1) is 7.22. The molecule has 4 nitrogen and oxygen atoms in total. The van der Waals surface area contributed by atoms with E-state index in [1.165, 1.54) is 5.56 Å². The lowest BCUT2D eigenvalue weighted by Gasteiger charge is -2.15. The Bertz CT molecular complexity index is 360. The topological polar surface area (TPSA) is 52.0 Å². The van der Waals surface area contributed by atoms with Gasteiger partial charge in [-0.25, -0.2) is 0 Å². The third-order valence-electron chi connectivity index (χ3n) is 1.99. The van der Waals surface area contributed by atoms with Crippen molar-refractivity contribution in [3.8, 4) is 0 Å². The summed E-state index contributed by atoms with van der Waals surface area (Å²) in [6.45, 7) is 2.15. The van der Waals surface area contributed by atoms with Crippen LogP contribution in [0.4, 0.5) is 0 Å². The van der Waals surface area contributed by atoms with Gasteiger partial charge in [-0.2, -0.15) is 0 Å². The molecule has 0 N–H and O–H groups in total. The van der Waals surface area contributed by atoms with Gasteiger partial charge >= 0.3 is 0 Å². The highest BCUT2D eigenvalue weighted by Gasteiger charge is 1.99. The zero-order valence-corrected chi connectivity index (χ0v) is 10.2. The van der Waals surface area contributed by atoms with E-state index < -0.39 is 0 Å². The lowest BCUT2D eigenvalue weighted by atomic mass is 10.2. The van der Waals surface area contributed by atoms with E-state index in [1.54, 1.807) is 0 Å². The number of azide groups is 1. The molecule has 0 bridgehead atoms. The molecular weight excluding hydrogens is 256 g/mol. The molecule has 0 fully saturated rings. The van der Waals surface area contributed by atoms with Gasteiger partial charge in [0.1, 0.15) is 0 Å². The lowest BCUT2D eigenvalue weighted by Crippen LogP contribution is -2.20. The molecule has 0 aliphatic rings. The van der Waals surface area contributed by atoms with Gasteiger partial charge in [-0.1, -0.05) is 33.2 Å². The number of rotatable bonds is 5. The van der Waals surface area contributed by atoms with E-state index in [9.17, 15) is 0 Å². The van der Waals surface area contributed by atoms with E-state index in [4.69, 9.17) is 5.53 Å². The van der Waals surface area contributed by atoms with Gasteiger partial charge in [0.15, 0.2) is 0 Å². The van der Waals surface area contributed by atoms with E-state index in [1.807, 2.05) is 19.2 Å². The summed E-state index contributed by atoms with van der Waals surface area (Å²) in [6, 6.07) is 8.18. The van der Waals surface area contributed by atoms with Crippen LogP contribution in [0.5, 0.6) is 0 Å². The molecule has 1 aromatic rings. The van der Waals surface area contributed by atoms with Crippen LogP contribution in [0.2, 0.25) is 0 Å². The molecule has 0 radical (unpaired) electrons. The van der Waals surface area contributed by atoms with Crippen molar-refractivity contribution < 1.29 is 0 Å². The quantitative estimate of drug-likeness (QED) is 0.460. The molecule has 15 heavy (non-hydrogen) atoms. The predicted molar refractivity (Wildman–Crippen MR) is 64.5 cm³/mol. The predicted octanol–water partition coefficient (Wildman–Crippen LogP) is 3.19. The first kappa shape index (κ1) is 12.0. The molecule has 0 amide bonds. The molecule has 0 aromatic heterocycles. The number of benzene rings is 1. The number of nitrogens with zero attached hydrogens (tertiary/aromatic N) is 4. The molecule has 0 spiro atoms. The van der Waals surface area contributed by atoms with Gasteiger partial charge in [-0.3, -0.25) is 0 Å². The lowest BCUT2D eigenvalue weighted by molar-refractivity contribution is 0.336. The molecular formula is C10H13BrN4. The maximum atomic E-state index is 8.14. The molecule has 1 aromatic carbocycles. The Hall–Kier alpha value is -1.03. The van der Waals surface area contributed by atoms with Crippen molar-refractivity contribution in [2.45, 2.75) is 6.54 Å². The van der Waals surface area contributed by atoms with Crippen molar-refractivity contribution in [3.05, 3.63) is 44.7 Å². The fraction of sp³-hybridized carbons (Fsp3) is 0.400. The minimum atomic E-state index is 0.515. The molecule has 0 saturated heterocycles. The van der Waals surface area contributed by atoms with Gasteiger partial charge < -0.3 is 4.90 Å². The Morgan fingerprint density at radius 1 is 1.53 bits per heavy atom. The highest BCUT2D eigenvalue weighted by atomic mass is 79.9. The van der Waals surface area contributed by atoms with Gasteiger partial charge in [-0.05, 0) is 30.3 Å². The molecule has 5 heteroatoms. The summed E-state index contributed by atoms with van der Waals surface area (Å²) in [4.78, 5) is 4.84. The maximum Gasteiger partial charge on any atom is 0.0385 e. The third-order valence-corrected chi connectivity index (χ3v) is 2.48. The molecule has 0 atom stereocenters. The Labute approximate surface area is 97.7 Å². The molecule has 80 valence electrons. The maximum absolute atomic E-state index is 8.14. The van der Waals surface area contributed by atoms with Crippen LogP contribution in [0, 0.1) is 0 Å². The molecule has 1 rings (SSSR count). The minimum absolute atomic E-state index is 0.515. The highest BCUT2D eigenvalue weighted by Crippen LogP contribution is 2.12. The number of hydrogen-bond acceptors (Lipinski definition) is 2. The summed E-state index contributed by atoms with van der Waals surface area (Å²) in [5, 5.41) is 3.50. The van der Waals surface area contributed by atoms with Gasteiger partial charge in [0.2, 0.25) is 0 Å². The van der Waals surface area contributed by atoms with Crippen LogP contribution in [-0.2, 0) is 6.54 Å². The zero-order chi connectivity index (χ0) is 11.1. The SMILES string of the molecule is CN(CCN=[N+]=[N-])Cc1cccc(Br)c1. The Morgan fingerprint density at radius 3 is 3.00 bits per heavy atom. The summed E-state index contributed by atoms with van der Waals surface area (Å²) < 4.78 is 1.09. The summed E-state index contributed by atoms with van der Waals surface area (Å²) in [5.41, 5.74) is 9.38. The van der Waals surface area contributed by atoms with Crippen molar-refractivity contribution >= 4 is 15.9 Å². The molecule has 0 saturated carbocycles. The van der Waals surface area contributed by atoms with E-state index in [-0.39, 0.29) is 0 Å². The largest absolute Gasteiger partial charge is 0.302 e. The average Bonchev–Trinajstić information content (AvgIpc) is 2.18. The molecule has 0 aliphatic heterocycles. The fourth-order valence-corrected chi connectivity index (χ4v) is 1.73. The van der Waals surface area contributed by atoms with Crippen molar-refractivity contribution in [2.75, 3.05) is 20.1 Å². The number of halogens is 1. The van der Waals surface area contributed by atoms with E-state index in [2.05, 4.69) is 43.0 Å². The monoisotopic (exact) mass is 268 g/mol. The molecule has 0 unspecified atom stereocenters. The van der Waals surface area contributed by atoms with Crippen molar-refractivity contribution in [3.63, 3.8) is 0 Å². The van der Waals surface area contributed by atoms with Crippen LogP contribution in [0.15, 0.2) is 33.9 Å². The summed E-state index contributed by atoms with van der Waals surface area (Å²) >= 11 is 3.43. The number of hydrogen-bond donors (Lipinski definition) is 0. The van der Waals surface area contributed by atoms with Crippen LogP contribution in [0.25, 0.3) is 10.4 Å². The van der Waals surface area contributed by atoms with Gasteiger partial charge in [0, 0.05) is 29.0 Å². The zero-order valence-electron chi connectivity index (χ0n) is 8.60. The second kappa shape index (κ2) is 6.45. The van der Waals surface area contributed by atoms with Crippen LogP contribution in [0.3, 0.4) is 0 Å². The van der Waals surface area contributed by atoms with E-state index in [0.29, 0.717) is 6.54 Å².